The third kappa shape index (κ3) is 4.49. The van der Waals surface area contributed by atoms with Gasteiger partial charge in [0.15, 0.2) is 0 Å². The highest BCUT2D eigenvalue weighted by atomic mass is 35.5. The quantitative estimate of drug-likeness (QED) is 0.806. The van der Waals surface area contributed by atoms with Crippen molar-refractivity contribution in [3.8, 4) is 0 Å². The Bertz CT molecular complexity index is 789. The molecule has 1 fully saturated rings. The predicted octanol–water partition coefficient (Wildman–Crippen LogP) is 1.65. The summed E-state index contributed by atoms with van der Waals surface area (Å²) in [5.41, 5.74) is 1.29. The van der Waals surface area contributed by atoms with E-state index in [2.05, 4.69) is 20.2 Å². The van der Waals surface area contributed by atoms with E-state index in [0.717, 1.165) is 12.0 Å². The lowest BCUT2D eigenvalue weighted by Crippen LogP contribution is -2.46. The fourth-order valence-corrected chi connectivity index (χ4v) is 2.89. The first-order valence-corrected chi connectivity index (χ1v) is 8.75. The van der Waals surface area contributed by atoms with Gasteiger partial charge in [0.2, 0.25) is 6.41 Å². The minimum atomic E-state index is -0.252. The molecule has 8 heteroatoms. The molecule has 2 aromatic rings. The van der Waals surface area contributed by atoms with Crippen LogP contribution in [0, 0.1) is 6.92 Å². The Morgan fingerprint density at radius 3 is 2.54 bits per heavy atom. The number of nitrogens with zero attached hydrogens (tertiary/aromatic N) is 4. The van der Waals surface area contributed by atoms with Crippen LogP contribution >= 0.6 is 11.6 Å². The summed E-state index contributed by atoms with van der Waals surface area (Å²) in [5, 5.41) is 3.52. The monoisotopic (exact) mass is 373 g/mol. The predicted molar refractivity (Wildman–Crippen MR) is 99.2 cm³/mol. The second-order valence-electron chi connectivity index (χ2n) is 6.10. The third-order valence-electron chi connectivity index (χ3n) is 4.21. The molecule has 136 valence electrons. The van der Waals surface area contributed by atoms with Crippen LogP contribution in [-0.4, -0.2) is 53.4 Å². The molecule has 0 aliphatic carbocycles. The summed E-state index contributed by atoms with van der Waals surface area (Å²) in [6.45, 7) is 4.81. The SMILES string of the molecule is Cc1nc(C(=O)NCc2ccc(Cl)cc2)cc(N2CCN(C=O)CC2)n1. The molecule has 1 aromatic heterocycles. The van der Waals surface area contributed by atoms with Crippen LogP contribution in [0.3, 0.4) is 0 Å². The second kappa shape index (κ2) is 8.14. The Balaban J connectivity index is 1.67. The number of hydrogen-bond donors (Lipinski definition) is 1. The van der Waals surface area contributed by atoms with Crippen LogP contribution in [0.2, 0.25) is 5.02 Å². The van der Waals surface area contributed by atoms with Gasteiger partial charge in [-0.3, -0.25) is 9.59 Å². The van der Waals surface area contributed by atoms with Crippen LogP contribution in [0.5, 0.6) is 0 Å². The zero-order valence-electron chi connectivity index (χ0n) is 14.5. The Morgan fingerprint density at radius 1 is 1.19 bits per heavy atom. The van der Waals surface area contributed by atoms with Gasteiger partial charge in [-0.1, -0.05) is 23.7 Å². The van der Waals surface area contributed by atoms with E-state index in [4.69, 9.17) is 11.6 Å². The highest BCUT2D eigenvalue weighted by molar-refractivity contribution is 6.30. The van der Waals surface area contributed by atoms with Crippen molar-refractivity contribution in [2.75, 3.05) is 31.1 Å². The van der Waals surface area contributed by atoms with E-state index >= 15 is 0 Å². The van der Waals surface area contributed by atoms with Crippen molar-refractivity contribution in [2.24, 2.45) is 0 Å². The summed E-state index contributed by atoms with van der Waals surface area (Å²) in [7, 11) is 0. The molecule has 1 saturated heterocycles. The number of aromatic nitrogens is 2. The fourth-order valence-electron chi connectivity index (χ4n) is 2.76. The van der Waals surface area contributed by atoms with Gasteiger partial charge in [-0.25, -0.2) is 9.97 Å². The Morgan fingerprint density at radius 2 is 1.88 bits per heavy atom. The van der Waals surface area contributed by atoms with Gasteiger partial charge >= 0.3 is 0 Å². The number of nitrogens with one attached hydrogen (secondary N) is 1. The number of carbonyl (C=O) groups excluding carboxylic acids is 2. The maximum absolute atomic E-state index is 12.5. The van der Waals surface area contributed by atoms with Crippen molar-refractivity contribution in [3.05, 3.63) is 52.4 Å². The molecule has 0 radical (unpaired) electrons. The number of aryl methyl sites for hydroxylation is 1. The molecule has 1 aliphatic rings. The highest BCUT2D eigenvalue weighted by Gasteiger charge is 2.19. The number of anilines is 1. The fraction of sp³-hybridized carbons (Fsp3) is 0.333. The van der Waals surface area contributed by atoms with Crippen LogP contribution in [-0.2, 0) is 11.3 Å². The normalized spacial score (nSPS) is 14.2. The maximum atomic E-state index is 12.5. The van der Waals surface area contributed by atoms with Crippen LogP contribution in [0.25, 0.3) is 0 Å². The van der Waals surface area contributed by atoms with Crippen LogP contribution < -0.4 is 10.2 Å². The summed E-state index contributed by atoms with van der Waals surface area (Å²) in [4.78, 5) is 35.8. The first kappa shape index (κ1) is 18.1. The van der Waals surface area contributed by atoms with E-state index in [-0.39, 0.29) is 5.91 Å². The Labute approximate surface area is 157 Å². The Hall–Kier alpha value is -2.67. The number of amides is 2. The summed E-state index contributed by atoms with van der Waals surface area (Å²) in [5.74, 6) is 0.995. The van der Waals surface area contributed by atoms with E-state index in [0.29, 0.717) is 55.1 Å². The second-order valence-corrected chi connectivity index (χ2v) is 6.53. The summed E-state index contributed by atoms with van der Waals surface area (Å²) < 4.78 is 0. The zero-order valence-corrected chi connectivity index (χ0v) is 15.2. The molecule has 1 aliphatic heterocycles. The van der Waals surface area contributed by atoms with Crippen LogP contribution in [0.15, 0.2) is 30.3 Å². The molecule has 1 N–H and O–H groups in total. The molecule has 0 atom stereocenters. The minimum absolute atomic E-state index is 0.252. The number of rotatable bonds is 5. The lowest BCUT2D eigenvalue weighted by atomic mass is 10.2. The number of piperazine rings is 1. The Kier molecular flexibility index (Phi) is 5.68. The van der Waals surface area contributed by atoms with Gasteiger partial charge in [0.1, 0.15) is 17.3 Å². The van der Waals surface area contributed by atoms with Gasteiger partial charge in [0.25, 0.3) is 5.91 Å². The number of hydrogen-bond acceptors (Lipinski definition) is 5. The first-order chi connectivity index (χ1) is 12.5. The van der Waals surface area contributed by atoms with Crippen molar-refractivity contribution >= 4 is 29.7 Å². The number of carbonyl (C=O) groups is 2. The molecule has 1 aromatic carbocycles. The third-order valence-corrected chi connectivity index (χ3v) is 4.46. The molecule has 0 unspecified atom stereocenters. The van der Waals surface area contributed by atoms with Gasteiger partial charge in [0, 0.05) is 43.8 Å². The number of halogens is 1. The molecule has 3 rings (SSSR count). The van der Waals surface area contributed by atoms with E-state index in [9.17, 15) is 9.59 Å². The molecular formula is C18H20ClN5O2. The lowest BCUT2D eigenvalue weighted by molar-refractivity contribution is -0.118. The first-order valence-electron chi connectivity index (χ1n) is 8.38. The van der Waals surface area contributed by atoms with Crippen molar-refractivity contribution in [3.63, 3.8) is 0 Å². The molecule has 2 amide bonds. The van der Waals surface area contributed by atoms with E-state index in [1.807, 2.05) is 12.1 Å². The zero-order chi connectivity index (χ0) is 18.5. The summed E-state index contributed by atoms with van der Waals surface area (Å²) in [6.07, 6.45) is 0.859. The van der Waals surface area contributed by atoms with Gasteiger partial charge in [0.05, 0.1) is 0 Å². The lowest BCUT2D eigenvalue weighted by Gasteiger charge is -2.33. The standard InChI is InChI=1S/C18H20ClN5O2/c1-13-21-16(18(26)20-11-14-2-4-15(19)5-3-14)10-17(22-13)24-8-6-23(12-25)7-9-24/h2-5,10,12H,6-9,11H2,1H3,(H,20,26). The van der Waals surface area contributed by atoms with E-state index in [1.165, 1.54) is 0 Å². The highest BCUT2D eigenvalue weighted by Crippen LogP contribution is 2.15. The van der Waals surface area contributed by atoms with Crippen molar-refractivity contribution < 1.29 is 9.59 Å². The topological polar surface area (TPSA) is 78.4 Å². The average Bonchev–Trinajstić information content (AvgIpc) is 2.67. The number of benzene rings is 1. The maximum Gasteiger partial charge on any atom is 0.270 e. The van der Waals surface area contributed by atoms with E-state index < -0.39 is 0 Å². The molecule has 0 bridgehead atoms. The van der Waals surface area contributed by atoms with Crippen molar-refractivity contribution in [1.82, 2.24) is 20.2 Å². The molecule has 0 spiro atoms. The van der Waals surface area contributed by atoms with Gasteiger partial charge in [-0.05, 0) is 24.6 Å². The van der Waals surface area contributed by atoms with Crippen molar-refractivity contribution in [1.29, 1.82) is 0 Å². The summed E-state index contributed by atoms with van der Waals surface area (Å²) in [6, 6.07) is 9.00. The molecule has 26 heavy (non-hydrogen) atoms. The molecule has 7 nitrogen and oxygen atoms in total. The van der Waals surface area contributed by atoms with Crippen LogP contribution in [0.1, 0.15) is 21.9 Å². The minimum Gasteiger partial charge on any atom is -0.353 e. The van der Waals surface area contributed by atoms with E-state index in [1.54, 1.807) is 30.0 Å². The van der Waals surface area contributed by atoms with Gasteiger partial charge in [-0.2, -0.15) is 0 Å². The average molecular weight is 374 g/mol. The molecular weight excluding hydrogens is 354 g/mol. The van der Waals surface area contributed by atoms with Crippen molar-refractivity contribution in [2.45, 2.75) is 13.5 Å². The largest absolute Gasteiger partial charge is 0.353 e. The molecule has 2 heterocycles. The van der Waals surface area contributed by atoms with Gasteiger partial charge < -0.3 is 15.1 Å². The smallest absolute Gasteiger partial charge is 0.270 e. The molecule has 0 saturated carbocycles. The van der Waals surface area contributed by atoms with Crippen LogP contribution in [0.4, 0.5) is 5.82 Å². The van der Waals surface area contributed by atoms with Gasteiger partial charge in [-0.15, -0.1) is 0 Å². The summed E-state index contributed by atoms with van der Waals surface area (Å²) >= 11 is 5.87.